The summed E-state index contributed by atoms with van der Waals surface area (Å²) in [6, 6.07) is -1.04. The average molecular weight is 275 g/mol. The second kappa shape index (κ2) is 7.51. The first-order valence-electron chi connectivity index (χ1n) is 6.34. The minimum absolute atomic E-state index is 0.00537. The van der Waals surface area contributed by atoms with Gasteiger partial charge in [0.25, 0.3) is 0 Å². The van der Waals surface area contributed by atoms with E-state index < -0.39 is 28.7 Å². The van der Waals surface area contributed by atoms with E-state index in [1.165, 1.54) is 26.2 Å². The van der Waals surface area contributed by atoms with E-state index in [-0.39, 0.29) is 5.75 Å². The number of carbonyl (C=O) groups excluding carboxylic acids is 1. The van der Waals surface area contributed by atoms with E-state index in [1.54, 1.807) is 0 Å². The predicted octanol–water partition coefficient (Wildman–Crippen LogP) is 0.905. The number of carbonyl (C=O) groups is 2. The summed E-state index contributed by atoms with van der Waals surface area (Å²) in [5.41, 5.74) is 0. The minimum atomic E-state index is -1.18. The van der Waals surface area contributed by atoms with Crippen molar-refractivity contribution in [3.63, 3.8) is 0 Å². The molecule has 1 saturated carbocycles. The summed E-state index contributed by atoms with van der Waals surface area (Å²) in [5, 5.41) is 11.2. The number of aliphatic carboxylic acids is 1. The molecular formula is C12H21NO4S. The van der Waals surface area contributed by atoms with Crippen LogP contribution in [0.1, 0.15) is 39.0 Å². The maximum Gasteiger partial charge on any atom is 0.327 e. The lowest BCUT2D eigenvalue weighted by atomic mass is 9.91. The van der Waals surface area contributed by atoms with Gasteiger partial charge in [0, 0.05) is 23.5 Å². The van der Waals surface area contributed by atoms with E-state index in [0.717, 1.165) is 12.8 Å². The summed E-state index contributed by atoms with van der Waals surface area (Å²) in [5.74, 6) is -0.514. The summed E-state index contributed by atoms with van der Waals surface area (Å²) < 4.78 is 11.9. The minimum Gasteiger partial charge on any atom is -0.480 e. The van der Waals surface area contributed by atoms with Crippen LogP contribution in [0, 0.1) is 5.92 Å². The number of hydrogen-bond donors (Lipinski definition) is 2. The van der Waals surface area contributed by atoms with Crippen LogP contribution in [0.2, 0.25) is 0 Å². The fraction of sp³-hybridized carbons (Fsp3) is 0.833. The van der Waals surface area contributed by atoms with Crippen molar-refractivity contribution in [3.05, 3.63) is 0 Å². The standard InChI is InChI=1S/C12H21NO4S/c1-9(14)13-11(12(15)16)8-18(17)7-10-5-3-2-4-6-10/h10-11H,2-8H2,1H3,(H,13,14)(H,15,16). The Balaban J connectivity index is 2.40. The van der Waals surface area contributed by atoms with E-state index in [2.05, 4.69) is 5.32 Å². The fourth-order valence-corrected chi connectivity index (χ4v) is 3.88. The highest BCUT2D eigenvalue weighted by Crippen LogP contribution is 2.24. The van der Waals surface area contributed by atoms with Crippen molar-refractivity contribution in [1.29, 1.82) is 0 Å². The Kier molecular flexibility index (Phi) is 6.32. The second-order valence-electron chi connectivity index (χ2n) is 4.87. The molecule has 2 unspecified atom stereocenters. The SMILES string of the molecule is CC(=O)NC(CS(=O)CC1CCCCC1)C(=O)O. The number of nitrogens with one attached hydrogen (secondary N) is 1. The van der Waals surface area contributed by atoms with Crippen molar-refractivity contribution >= 4 is 22.7 Å². The summed E-state index contributed by atoms with van der Waals surface area (Å²) in [4.78, 5) is 21.8. The molecule has 0 aliphatic heterocycles. The molecular weight excluding hydrogens is 254 g/mol. The Morgan fingerprint density at radius 2 is 1.94 bits per heavy atom. The van der Waals surface area contributed by atoms with Gasteiger partial charge in [0.2, 0.25) is 5.91 Å². The number of carboxylic acid groups (broad SMARTS) is 1. The fourth-order valence-electron chi connectivity index (χ4n) is 2.29. The van der Waals surface area contributed by atoms with Gasteiger partial charge in [-0.1, -0.05) is 19.3 Å². The maximum atomic E-state index is 11.9. The molecule has 0 spiro atoms. The Morgan fingerprint density at radius 3 is 2.44 bits per heavy atom. The van der Waals surface area contributed by atoms with Crippen LogP contribution < -0.4 is 5.32 Å². The molecule has 0 bridgehead atoms. The van der Waals surface area contributed by atoms with Crippen LogP contribution in [0.25, 0.3) is 0 Å². The Morgan fingerprint density at radius 1 is 1.33 bits per heavy atom. The number of rotatable bonds is 6. The first-order chi connectivity index (χ1) is 8.49. The molecule has 1 rings (SSSR count). The molecule has 0 aromatic carbocycles. The molecule has 6 heteroatoms. The van der Waals surface area contributed by atoms with Gasteiger partial charge >= 0.3 is 5.97 Å². The van der Waals surface area contributed by atoms with Gasteiger partial charge in [-0.25, -0.2) is 4.79 Å². The van der Waals surface area contributed by atoms with Crippen molar-refractivity contribution < 1.29 is 18.9 Å². The zero-order chi connectivity index (χ0) is 13.5. The second-order valence-corrected chi connectivity index (χ2v) is 6.41. The van der Waals surface area contributed by atoms with Gasteiger partial charge < -0.3 is 10.4 Å². The lowest BCUT2D eigenvalue weighted by Crippen LogP contribution is -2.44. The first kappa shape index (κ1) is 15.1. The van der Waals surface area contributed by atoms with Gasteiger partial charge in [-0.3, -0.25) is 9.00 Å². The number of carboxylic acids is 1. The van der Waals surface area contributed by atoms with Crippen LogP contribution in [0.4, 0.5) is 0 Å². The summed E-state index contributed by atoms with van der Waals surface area (Å²) >= 11 is 0. The van der Waals surface area contributed by atoms with Gasteiger partial charge in [-0.15, -0.1) is 0 Å². The lowest BCUT2D eigenvalue weighted by Gasteiger charge is -2.21. The molecule has 2 N–H and O–H groups in total. The topological polar surface area (TPSA) is 83.5 Å². The third kappa shape index (κ3) is 5.62. The van der Waals surface area contributed by atoms with E-state index in [1.807, 2.05) is 0 Å². The van der Waals surface area contributed by atoms with Crippen molar-refractivity contribution in [3.8, 4) is 0 Å². The molecule has 5 nitrogen and oxygen atoms in total. The summed E-state index contributed by atoms with van der Waals surface area (Å²) in [6.07, 6.45) is 5.77. The molecule has 0 heterocycles. The van der Waals surface area contributed by atoms with Crippen LogP contribution in [0.3, 0.4) is 0 Å². The molecule has 1 fully saturated rings. The van der Waals surface area contributed by atoms with Crippen molar-refractivity contribution in [1.82, 2.24) is 5.32 Å². The van der Waals surface area contributed by atoms with E-state index in [4.69, 9.17) is 5.11 Å². The molecule has 0 saturated heterocycles. The summed E-state index contributed by atoms with van der Waals surface area (Å²) in [7, 11) is -1.18. The maximum absolute atomic E-state index is 11.9. The zero-order valence-corrected chi connectivity index (χ0v) is 11.5. The highest BCUT2D eigenvalue weighted by Gasteiger charge is 2.23. The van der Waals surface area contributed by atoms with Gasteiger partial charge in [-0.2, -0.15) is 0 Å². The molecule has 2 atom stereocenters. The summed E-state index contributed by atoms with van der Waals surface area (Å²) in [6.45, 7) is 1.26. The highest BCUT2D eigenvalue weighted by atomic mass is 32.2. The smallest absolute Gasteiger partial charge is 0.327 e. The Bertz CT molecular complexity index is 326. The van der Waals surface area contributed by atoms with Gasteiger partial charge in [-0.05, 0) is 18.8 Å². The average Bonchev–Trinajstić information content (AvgIpc) is 2.28. The van der Waals surface area contributed by atoms with Crippen LogP contribution in [0.15, 0.2) is 0 Å². The number of amides is 1. The van der Waals surface area contributed by atoms with Crippen molar-refractivity contribution in [2.75, 3.05) is 11.5 Å². The molecule has 0 radical (unpaired) electrons. The van der Waals surface area contributed by atoms with Crippen LogP contribution in [0.5, 0.6) is 0 Å². The van der Waals surface area contributed by atoms with Crippen LogP contribution in [-0.4, -0.2) is 38.7 Å². The van der Waals surface area contributed by atoms with Crippen molar-refractivity contribution in [2.24, 2.45) is 5.92 Å². The van der Waals surface area contributed by atoms with E-state index >= 15 is 0 Å². The predicted molar refractivity (Wildman–Crippen MR) is 69.7 cm³/mol. The monoisotopic (exact) mass is 275 g/mol. The molecule has 18 heavy (non-hydrogen) atoms. The highest BCUT2D eigenvalue weighted by molar-refractivity contribution is 7.85. The van der Waals surface area contributed by atoms with E-state index in [0.29, 0.717) is 11.7 Å². The molecule has 1 amide bonds. The molecule has 104 valence electrons. The van der Waals surface area contributed by atoms with Gasteiger partial charge in [0.05, 0.1) is 5.75 Å². The third-order valence-electron chi connectivity index (χ3n) is 3.17. The van der Waals surface area contributed by atoms with Gasteiger partial charge in [0.1, 0.15) is 6.04 Å². The van der Waals surface area contributed by atoms with Crippen LogP contribution in [-0.2, 0) is 20.4 Å². The first-order valence-corrected chi connectivity index (χ1v) is 7.82. The molecule has 1 aliphatic carbocycles. The van der Waals surface area contributed by atoms with Crippen molar-refractivity contribution in [2.45, 2.75) is 45.1 Å². The number of hydrogen-bond acceptors (Lipinski definition) is 3. The lowest BCUT2D eigenvalue weighted by molar-refractivity contribution is -0.140. The zero-order valence-electron chi connectivity index (χ0n) is 10.7. The normalized spacial score (nSPS) is 20.1. The Labute approximate surface area is 110 Å². The van der Waals surface area contributed by atoms with Crippen LogP contribution >= 0.6 is 0 Å². The Hall–Kier alpha value is -0.910. The largest absolute Gasteiger partial charge is 0.480 e. The quantitative estimate of drug-likeness (QED) is 0.754. The van der Waals surface area contributed by atoms with E-state index in [9.17, 15) is 13.8 Å². The molecule has 0 aromatic heterocycles. The molecule has 0 aromatic rings. The van der Waals surface area contributed by atoms with Gasteiger partial charge in [0.15, 0.2) is 0 Å². The molecule has 1 aliphatic rings. The third-order valence-corrected chi connectivity index (χ3v) is 4.72.